The molecular formula is C16H19BrO2. The molecule has 1 N–H and O–H groups in total. The number of fused-ring (bicyclic) bond motifs is 3. The first-order chi connectivity index (χ1) is 9.06. The van der Waals surface area contributed by atoms with Crippen LogP contribution in [-0.4, -0.2) is 15.7 Å². The van der Waals surface area contributed by atoms with Gasteiger partial charge in [0.25, 0.3) is 0 Å². The number of phenols is 1. The topological polar surface area (TPSA) is 37.3 Å². The van der Waals surface area contributed by atoms with Gasteiger partial charge >= 0.3 is 0 Å². The number of rotatable bonds is 1. The standard InChI is InChI=1S/C16H19BrO2/c1-2-16-9-14(17)15(19)8-11(16)4-3-10-7-12(18)5-6-13(10)16/h5-7,11,14,18H,2-4,8-9H2,1H3/t11-,14?,16?/m1/s1. The molecule has 19 heavy (non-hydrogen) atoms. The van der Waals surface area contributed by atoms with Crippen molar-refractivity contribution in [2.45, 2.75) is 49.3 Å². The molecule has 2 nitrogen and oxygen atoms in total. The fraction of sp³-hybridized carbons (Fsp3) is 0.562. The smallest absolute Gasteiger partial charge is 0.146 e. The summed E-state index contributed by atoms with van der Waals surface area (Å²) in [5.41, 5.74) is 2.75. The minimum absolute atomic E-state index is 0.0107. The van der Waals surface area contributed by atoms with Crippen molar-refractivity contribution in [1.29, 1.82) is 0 Å². The Labute approximate surface area is 122 Å². The van der Waals surface area contributed by atoms with E-state index < -0.39 is 0 Å². The fourth-order valence-corrected chi connectivity index (χ4v) is 4.87. The third kappa shape index (κ3) is 1.94. The molecule has 2 aliphatic carbocycles. The summed E-state index contributed by atoms with van der Waals surface area (Å²) in [6.07, 6.45) is 4.70. The van der Waals surface area contributed by atoms with Crippen LogP contribution in [0.4, 0.5) is 0 Å². The first-order valence-corrected chi connectivity index (χ1v) is 7.97. The second kappa shape index (κ2) is 4.62. The summed E-state index contributed by atoms with van der Waals surface area (Å²) in [4.78, 5) is 12.0. The molecule has 3 rings (SSSR count). The lowest BCUT2D eigenvalue weighted by atomic mass is 9.56. The molecule has 1 aromatic carbocycles. The summed E-state index contributed by atoms with van der Waals surface area (Å²) >= 11 is 3.56. The lowest BCUT2D eigenvalue weighted by molar-refractivity contribution is -0.122. The average Bonchev–Trinajstić information content (AvgIpc) is 2.40. The van der Waals surface area contributed by atoms with E-state index in [0.717, 1.165) is 25.7 Å². The molecule has 0 bridgehead atoms. The molecule has 3 atom stereocenters. The monoisotopic (exact) mass is 322 g/mol. The molecule has 0 saturated heterocycles. The molecule has 0 radical (unpaired) electrons. The molecule has 2 unspecified atom stereocenters. The molecule has 0 aliphatic heterocycles. The molecule has 1 saturated carbocycles. The zero-order valence-corrected chi connectivity index (χ0v) is 12.7. The van der Waals surface area contributed by atoms with Crippen LogP contribution in [-0.2, 0) is 16.6 Å². The Morgan fingerprint density at radius 2 is 2.26 bits per heavy atom. The van der Waals surface area contributed by atoms with Crippen LogP contribution in [0.15, 0.2) is 18.2 Å². The number of carbonyl (C=O) groups excluding carboxylic acids is 1. The van der Waals surface area contributed by atoms with E-state index in [9.17, 15) is 9.90 Å². The molecule has 1 aromatic rings. The van der Waals surface area contributed by atoms with Gasteiger partial charge in [0.15, 0.2) is 0 Å². The summed E-state index contributed by atoms with van der Waals surface area (Å²) in [7, 11) is 0. The van der Waals surface area contributed by atoms with Crippen molar-refractivity contribution in [1.82, 2.24) is 0 Å². The number of Topliss-reactive ketones (excluding diaryl/α,β-unsaturated/α-hetero) is 1. The number of alkyl halides is 1. The number of ketones is 1. The molecule has 1 fully saturated rings. The summed E-state index contributed by atoms with van der Waals surface area (Å²) in [5.74, 6) is 1.18. The van der Waals surface area contributed by atoms with Crippen LogP contribution in [0.1, 0.15) is 43.7 Å². The highest BCUT2D eigenvalue weighted by molar-refractivity contribution is 9.10. The molecule has 0 heterocycles. The number of benzene rings is 1. The van der Waals surface area contributed by atoms with Crippen molar-refractivity contribution >= 4 is 21.7 Å². The van der Waals surface area contributed by atoms with Gasteiger partial charge in [-0.15, -0.1) is 0 Å². The minimum atomic E-state index is -0.0107. The Balaban J connectivity index is 2.11. The van der Waals surface area contributed by atoms with Gasteiger partial charge < -0.3 is 5.11 Å². The molecule has 0 aromatic heterocycles. The number of hydrogen-bond acceptors (Lipinski definition) is 2. The summed E-state index contributed by atoms with van der Waals surface area (Å²) in [5, 5.41) is 9.67. The molecule has 0 amide bonds. The van der Waals surface area contributed by atoms with E-state index in [2.05, 4.69) is 28.9 Å². The van der Waals surface area contributed by atoms with Gasteiger partial charge in [-0.3, -0.25) is 4.79 Å². The predicted octanol–water partition coefficient (Wildman–Crippen LogP) is 3.73. The van der Waals surface area contributed by atoms with Gasteiger partial charge in [0.05, 0.1) is 4.83 Å². The maximum atomic E-state index is 12.0. The third-order valence-electron chi connectivity index (χ3n) is 5.14. The quantitative estimate of drug-likeness (QED) is 0.800. The van der Waals surface area contributed by atoms with E-state index in [4.69, 9.17) is 0 Å². The van der Waals surface area contributed by atoms with Gasteiger partial charge in [0.2, 0.25) is 0 Å². The molecule has 0 spiro atoms. The number of aromatic hydroxyl groups is 1. The number of phenolic OH excluding ortho intramolecular Hbond substituents is 1. The fourth-order valence-electron chi connectivity index (χ4n) is 4.10. The SMILES string of the molecule is CCC12CC(Br)C(=O)C[C@H]1CCc1cc(O)ccc12. The highest BCUT2D eigenvalue weighted by atomic mass is 79.9. The van der Waals surface area contributed by atoms with E-state index in [1.165, 1.54) is 11.1 Å². The van der Waals surface area contributed by atoms with E-state index in [1.807, 2.05) is 6.07 Å². The molecule has 102 valence electrons. The minimum Gasteiger partial charge on any atom is -0.508 e. The van der Waals surface area contributed by atoms with Crippen LogP contribution in [0.3, 0.4) is 0 Å². The van der Waals surface area contributed by atoms with E-state index in [1.54, 1.807) is 6.07 Å². The van der Waals surface area contributed by atoms with E-state index in [-0.39, 0.29) is 10.2 Å². The highest BCUT2D eigenvalue weighted by Gasteiger charge is 2.48. The van der Waals surface area contributed by atoms with E-state index in [0.29, 0.717) is 23.9 Å². The zero-order chi connectivity index (χ0) is 13.6. The summed E-state index contributed by atoms with van der Waals surface area (Å²) < 4.78 is 0. The van der Waals surface area contributed by atoms with Gasteiger partial charge in [0, 0.05) is 11.8 Å². The average molecular weight is 323 g/mol. The van der Waals surface area contributed by atoms with Gasteiger partial charge in [-0.2, -0.15) is 0 Å². The largest absolute Gasteiger partial charge is 0.508 e. The zero-order valence-electron chi connectivity index (χ0n) is 11.2. The Morgan fingerprint density at radius 3 is 3.00 bits per heavy atom. The van der Waals surface area contributed by atoms with Crippen molar-refractivity contribution in [2.24, 2.45) is 5.92 Å². The Hall–Kier alpha value is -0.830. The van der Waals surface area contributed by atoms with Crippen molar-refractivity contribution in [3.05, 3.63) is 29.3 Å². The van der Waals surface area contributed by atoms with Crippen LogP contribution in [0.2, 0.25) is 0 Å². The lowest BCUT2D eigenvalue weighted by Crippen LogP contribution is -2.47. The van der Waals surface area contributed by atoms with Crippen LogP contribution in [0.5, 0.6) is 5.75 Å². The Morgan fingerprint density at radius 1 is 1.47 bits per heavy atom. The van der Waals surface area contributed by atoms with E-state index >= 15 is 0 Å². The summed E-state index contributed by atoms with van der Waals surface area (Å²) in [6, 6.07) is 5.77. The van der Waals surface area contributed by atoms with Gasteiger partial charge in [-0.1, -0.05) is 28.9 Å². The van der Waals surface area contributed by atoms with Crippen LogP contribution < -0.4 is 0 Å². The third-order valence-corrected chi connectivity index (χ3v) is 5.97. The first kappa shape index (κ1) is 13.2. The van der Waals surface area contributed by atoms with Crippen molar-refractivity contribution in [3.63, 3.8) is 0 Å². The maximum Gasteiger partial charge on any atom is 0.146 e. The second-order valence-electron chi connectivity index (χ2n) is 5.93. The van der Waals surface area contributed by atoms with Gasteiger partial charge in [-0.25, -0.2) is 0 Å². The van der Waals surface area contributed by atoms with Crippen molar-refractivity contribution in [3.8, 4) is 5.75 Å². The number of halogens is 1. The highest BCUT2D eigenvalue weighted by Crippen LogP contribution is 2.52. The molecule has 2 aliphatic rings. The van der Waals surface area contributed by atoms with Crippen molar-refractivity contribution < 1.29 is 9.90 Å². The molecular weight excluding hydrogens is 304 g/mol. The maximum absolute atomic E-state index is 12.0. The van der Waals surface area contributed by atoms with Crippen LogP contribution in [0, 0.1) is 5.92 Å². The Bertz CT molecular complexity index is 525. The lowest BCUT2D eigenvalue weighted by Gasteiger charge is -2.49. The van der Waals surface area contributed by atoms with Crippen LogP contribution >= 0.6 is 15.9 Å². The van der Waals surface area contributed by atoms with Gasteiger partial charge in [-0.05, 0) is 54.9 Å². The number of hydrogen-bond donors (Lipinski definition) is 1. The van der Waals surface area contributed by atoms with Gasteiger partial charge in [0.1, 0.15) is 11.5 Å². The Kier molecular flexibility index (Phi) is 3.20. The second-order valence-corrected chi connectivity index (χ2v) is 7.03. The first-order valence-electron chi connectivity index (χ1n) is 7.06. The number of carbonyl (C=O) groups is 1. The van der Waals surface area contributed by atoms with Crippen LogP contribution in [0.25, 0.3) is 0 Å². The normalized spacial score (nSPS) is 33.7. The predicted molar refractivity (Wildman–Crippen MR) is 78.8 cm³/mol. The molecule has 3 heteroatoms. The summed E-state index contributed by atoms with van der Waals surface area (Å²) in [6.45, 7) is 2.23. The van der Waals surface area contributed by atoms with Crippen molar-refractivity contribution in [2.75, 3.05) is 0 Å². The number of aryl methyl sites for hydroxylation is 1.